The van der Waals surface area contributed by atoms with Crippen molar-refractivity contribution in [2.75, 3.05) is 33.4 Å². The van der Waals surface area contributed by atoms with Crippen LogP contribution in [0.1, 0.15) is 24.8 Å². The molecule has 0 aliphatic heterocycles. The van der Waals surface area contributed by atoms with Gasteiger partial charge >= 0.3 is 0 Å². The molecular formula is C16H24N2O3. The summed E-state index contributed by atoms with van der Waals surface area (Å²) < 4.78 is 5.50. The van der Waals surface area contributed by atoms with Crippen LogP contribution < -0.4 is 4.74 Å². The number of ether oxygens (including phenoxy) is 1. The molecule has 0 saturated heterocycles. The van der Waals surface area contributed by atoms with Gasteiger partial charge in [0.15, 0.2) is 0 Å². The Bertz CT molecular complexity index is 445. The van der Waals surface area contributed by atoms with Crippen molar-refractivity contribution in [2.45, 2.75) is 25.4 Å². The topological polar surface area (TPSA) is 76.7 Å². The summed E-state index contributed by atoms with van der Waals surface area (Å²) in [5, 5.41) is 27.6. The number of aliphatic hydroxyl groups excluding tert-OH is 2. The van der Waals surface area contributed by atoms with E-state index < -0.39 is 6.10 Å². The van der Waals surface area contributed by atoms with Crippen molar-refractivity contribution in [2.24, 2.45) is 0 Å². The molecule has 0 aliphatic rings. The van der Waals surface area contributed by atoms with Gasteiger partial charge in [-0.1, -0.05) is 12.1 Å². The van der Waals surface area contributed by atoms with E-state index in [4.69, 9.17) is 15.1 Å². The Balaban J connectivity index is 2.27. The monoisotopic (exact) mass is 292 g/mol. The Hall–Kier alpha value is -1.61. The number of benzene rings is 1. The van der Waals surface area contributed by atoms with E-state index in [-0.39, 0.29) is 13.2 Å². The van der Waals surface area contributed by atoms with Crippen LogP contribution >= 0.6 is 0 Å². The van der Waals surface area contributed by atoms with Crippen molar-refractivity contribution in [1.29, 1.82) is 5.26 Å². The summed E-state index contributed by atoms with van der Waals surface area (Å²) in [6.45, 7) is 1.80. The molecule has 0 amide bonds. The zero-order chi connectivity index (χ0) is 15.5. The fraction of sp³-hybridized carbons (Fsp3) is 0.562. The van der Waals surface area contributed by atoms with Crippen LogP contribution in [-0.4, -0.2) is 54.6 Å². The summed E-state index contributed by atoms with van der Waals surface area (Å²) >= 11 is 0. The Labute approximate surface area is 126 Å². The maximum absolute atomic E-state index is 9.96. The van der Waals surface area contributed by atoms with Crippen molar-refractivity contribution < 1.29 is 14.9 Å². The van der Waals surface area contributed by atoms with E-state index in [2.05, 4.69) is 6.07 Å². The Morgan fingerprint density at radius 1 is 1.29 bits per heavy atom. The third kappa shape index (κ3) is 7.09. The maximum atomic E-state index is 9.96. The molecular weight excluding hydrogens is 268 g/mol. The molecule has 0 aromatic heterocycles. The lowest BCUT2D eigenvalue weighted by atomic mass is 10.2. The summed E-state index contributed by atoms with van der Waals surface area (Å²) in [7, 11) is 1.95. The minimum absolute atomic E-state index is 0.166. The van der Waals surface area contributed by atoms with Crippen molar-refractivity contribution in [3.05, 3.63) is 29.8 Å². The second kappa shape index (κ2) is 10.2. The van der Waals surface area contributed by atoms with Crippen LogP contribution in [0.3, 0.4) is 0 Å². The number of hydrogen-bond acceptors (Lipinski definition) is 5. The van der Waals surface area contributed by atoms with Gasteiger partial charge in [-0.05, 0) is 45.0 Å². The molecule has 0 heterocycles. The number of aliphatic hydroxyl groups is 2. The molecule has 5 heteroatoms. The van der Waals surface area contributed by atoms with Gasteiger partial charge in [0.2, 0.25) is 0 Å². The van der Waals surface area contributed by atoms with Gasteiger partial charge in [-0.15, -0.1) is 0 Å². The number of nitrogens with zero attached hydrogens (tertiary/aromatic N) is 2. The number of nitriles is 1. The second-order valence-electron chi connectivity index (χ2n) is 5.12. The highest BCUT2D eigenvalue weighted by Gasteiger charge is 2.10. The van der Waals surface area contributed by atoms with Gasteiger partial charge in [0, 0.05) is 13.2 Å². The molecule has 0 fully saturated rings. The van der Waals surface area contributed by atoms with Crippen LogP contribution in [0.15, 0.2) is 24.3 Å². The highest BCUT2D eigenvalue weighted by molar-refractivity contribution is 5.42. The average Bonchev–Trinajstić information content (AvgIpc) is 2.49. The van der Waals surface area contributed by atoms with Crippen molar-refractivity contribution in [1.82, 2.24) is 4.90 Å². The minimum Gasteiger partial charge on any atom is -0.489 e. The fourth-order valence-corrected chi connectivity index (χ4v) is 2.04. The first-order valence-electron chi connectivity index (χ1n) is 7.26. The van der Waals surface area contributed by atoms with Gasteiger partial charge in [-0.3, -0.25) is 0 Å². The molecule has 1 rings (SSSR count). The predicted octanol–water partition coefficient (Wildman–Crippen LogP) is 1.39. The van der Waals surface area contributed by atoms with E-state index in [1.165, 1.54) is 0 Å². The van der Waals surface area contributed by atoms with Crippen LogP contribution in [0.2, 0.25) is 0 Å². The lowest BCUT2D eigenvalue weighted by Crippen LogP contribution is -2.33. The number of para-hydroxylation sites is 1. The van der Waals surface area contributed by atoms with Gasteiger partial charge in [-0.25, -0.2) is 0 Å². The highest BCUT2D eigenvalue weighted by atomic mass is 16.5. The van der Waals surface area contributed by atoms with E-state index in [1.54, 1.807) is 24.3 Å². The van der Waals surface area contributed by atoms with Crippen LogP contribution in [0.25, 0.3) is 0 Å². The van der Waals surface area contributed by atoms with Crippen molar-refractivity contribution in [3.63, 3.8) is 0 Å². The van der Waals surface area contributed by atoms with Gasteiger partial charge in [0.05, 0.1) is 5.56 Å². The molecule has 0 bridgehead atoms. The molecule has 5 nitrogen and oxygen atoms in total. The van der Waals surface area contributed by atoms with Crippen LogP contribution in [0, 0.1) is 11.3 Å². The second-order valence-corrected chi connectivity index (χ2v) is 5.12. The van der Waals surface area contributed by atoms with E-state index in [1.807, 2.05) is 11.9 Å². The zero-order valence-corrected chi connectivity index (χ0v) is 12.5. The third-order valence-corrected chi connectivity index (χ3v) is 3.16. The number of likely N-dealkylation sites (N-methyl/N-ethyl adjacent to an activating group) is 1. The highest BCUT2D eigenvalue weighted by Crippen LogP contribution is 2.16. The standard InChI is InChI=1S/C16H24N2O3/c1-18(9-5-2-6-10-19)12-15(20)13-21-16-8-4-3-7-14(16)11-17/h3-4,7-8,15,19-20H,2,5-6,9-10,12-13H2,1H3. The van der Waals surface area contributed by atoms with Gasteiger partial charge in [0.1, 0.15) is 24.5 Å². The molecule has 2 N–H and O–H groups in total. The lowest BCUT2D eigenvalue weighted by Gasteiger charge is -2.20. The van der Waals surface area contributed by atoms with E-state index in [0.717, 1.165) is 25.8 Å². The molecule has 1 aromatic carbocycles. The minimum atomic E-state index is -0.598. The van der Waals surface area contributed by atoms with Crippen LogP contribution in [0.5, 0.6) is 5.75 Å². The molecule has 0 aliphatic carbocycles. The summed E-state index contributed by atoms with van der Waals surface area (Å²) in [4.78, 5) is 2.04. The number of hydrogen-bond donors (Lipinski definition) is 2. The summed E-state index contributed by atoms with van der Waals surface area (Å²) in [5.41, 5.74) is 0.474. The largest absolute Gasteiger partial charge is 0.489 e. The molecule has 21 heavy (non-hydrogen) atoms. The zero-order valence-electron chi connectivity index (χ0n) is 12.5. The van der Waals surface area contributed by atoms with Crippen molar-refractivity contribution >= 4 is 0 Å². The predicted molar refractivity (Wildman–Crippen MR) is 81.1 cm³/mol. The lowest BCUT2D eigenvalue weighted by molar-refractivity contribution is 0.0756. The quantitative estimate of drug-likeness (QED) is 0.637. The number of unbranched alkanes of at least 4 members (excludes halogenated alkanes) is 2. The maximum Gasteiger partial charge on any atom is 0.137 e. The van der Waals surface area contributed by atoms with Gasteiger partial charge in [0.25, 0.3) is 0 Å². The number of rotatable bonds is 10. The Kier molecular flexibility index (Phi) is 8.44. The summed E-state index contributed by atoms with van der Waals surface area (Å²) in [6.07, 6.45) is 2.22. The first kappa shape index (κ1) is 17.4. The van der Waals surface area contributed by atoms with Gasteiger partial charge in [-0.2, -0.15) is 5.26 Å². The van der Waals surface area contributed by atoms with Crippen LogP contribution in [-0.2, 0) is 0 Å². The Morgan fingerprint density at radius 2 is 2.05 bits per heavy atom. The average molecular weight is 292 g/mol. The molecule has 1 atom stereocenters. The van der Waals surface area contributed by atoms with E-state index >= 15 is 0 Å². The first-order chi connectivity index (χ1) is 10.2. The normalized spacial score (nSPS) is 12.1. The SMILES string of the molecule is CN(CCCCCO)CC(O)COc1ccccc1C#N. The summed E-state index contributed by atoms with van der Waals surface area (Å²) in [6, 6.07) is 9.06. The summed E-state index contributed by atoms with van der Waals surface area (Å²) in [5.74, 6) is 0.504. The molecule has 0 spiro atoms. The van der Waals surface area contributed by atoms with Crippen LogP contribution in [0.4, 0.5) is 0 Å². The fourth-order valence-electron chi connectivity index (χ4n) is 2.04. The van der Waals surface area contributed by atoms with E-state index in [0.29, 0.717) is 17.9 Å². The van der Waals surface area contributed by atoms with Crippen molar-refractivity contribution in [3.8, 4) is 11.8 Å². The first-order valence-corrected chi connectivity index (χ1v) is 7.26. The molecule has 0 saturated carbocycles. The molecule has 0 radical (unpaired) electrons. The molecule has 116 valence electrons. The van der Waals surface area contributed by atoms with Gasteiger partial charge < -0.3 is 19.8 Å². The Morgan fingerprint density at radius 3 is 2.76 bits per heavy atom. The smallest absolute Gasteiger partial charge is 0.137 e. The third-order valence-electron chi connectivity index (χ3n) is 3.16. The molecule has 1 unspecified atom stereocenters. The van der Waals surface area contributed by atoms with E-state index in [9.17, 15) is 5.11 Å². The molecule has 1 aromatic rings.